The first-order valence-corrected chi connectivity index (χ1v) is 12.8. The standard InChI is InChI=1S/C28H22N2OS2/c1-30(2)19-9-12-25-23(16-19)27(22-15-18(29-31)8-11-24(22)33-25)21-13-14-32-26-10-7-17-5-3-4-6-20(17)28(21)26/h3-12,15-16H,13-14H2,1-2H3/b27-21-. The molecule has 4 aromatic carbocycles. The summed E-state index contributed by atoms with van der Waals surface area (Å²) in [6.07, 6.45) is 0.982. The molecule has 0 spiro atoms. The largest absolute Gasteiger partial charge is 0.378 e. The number of nitroso groups, excluding NO2 is 1. The quantitative estimate of drug-likeness (QED) is 0.245. The van der Waals surface area contributed by atoms with E-state index in [4.69, 9.17) is 0 Å². The second-order valence-corrected chi connectivity index (χ2v) is 10.8. The van der Waals surface area contributed by atoms with Gasteiger partial charge in [0.25, 0.3) is 0 Å². The fraction of sp³-hybridized carbons (Fsp3) is 0.143. The first-order chi connectivity index (χ1) is 16.1. The van der Waals surface area contributed by atoms with E-state index in [1.165, 1.54) is 53.4 Å². The monoisotopic (exact) mass is 466 g/mol. The Morgan fingerprint density at radius 1 is 0.848 bits per heavy atom. The number of nitrogens with zero attached hydrogens (tertiary/aromatic N) is 2. The summed E-state index contributed by atoms with van der Waals surface area (Å²) >= 11 is 3.71. The molecule has 162 valence electrons. The fourth-order valence-corrected chi connectivity index (χ4v) is 6.97. The van der Waals surface area contributed by atoms with Crippen LogP contribution in [0.4, 0.5) is 11.4 Å². The Labute approximate surface area is 201 Å². The van der Waals surface area contributed by atoms with Crippen molar-refractivity contribution < 1.29 is 0 Å². The van der Waals surface area contributed by atoms with Crippen LogP contribution in [0.3, 0.4) is 0 Å². The minimum atomic E-state index is 0.475. The molecule has 0 fully saturated rings. The fourth-order valence-electron chi connectivity index (χ4n) is 4.85. The van der Waals surface area contributed by atoms with Crippen LogP contribution in [0.1, 0.15) is 23.1 Å². The molecule has 2 heterocycles. The Kier molecular flexibility index (Phi) is 5.04. The topological polar surface area (TPSA) is 32.7 Å². The van der Waals surface area contributed by atoms with E-state index >= 15 is 0 Å². The molecular formula is C28H22N2OS2. The van der Waals surface area contributed by atoms with E-state index in [-0.39, 0.29) is 0 Å². The van der Waals surface area contributed by atoms with Gasteiger partial charge in [-0.2, -0.15) is 0 Å². The predicted molar refractivity (Wildman–Crippen MR) is 142 cm³/mol. The average molecular weight is 467 g/mol. The van der Waals surface area contributed by atoms with Crippen LogP contribution in [0.5, 0.6) is 0 Å². The SMILES string of the molecule is CN(C)c1ccc2c(c1)/C(=C1/CCSc3ccc4ccccc4c31)c1cc(N=O)ccc1S2. The first kappa shape index (κ1) is 20.6. The lowest BCUT2D eigenvalue weighted by Crippen LogP contribution is -2.11. The van der Waals surface area contributed by atoms with Crippen LogP contribution in [0, 0.1) is 4.91 Å². The van der Waals surface area contributed by atoms with E-state index in [0.29, 0.717) is 5.69 Å². The number of rotatable bonds is 2. The van der Waals surface area contributed by atoms with Crippen LogP contribution < -0.4 is 4.90 Å². The maximum atomic E-state index is 11.5. The highest BCUT2D eigenvalue weighted by Gasteiger charge is 2.28. The summed E-state index contributed by atoms with van der Waals surface area (Å²) in [5.41, 5.74) is 7.94. The molecule has 0 saturated carbocycles. The molecule has 2 aliphatic heterocycles. The Balaban J connectivity index is 1.74. The number of benzene rings is 4. The molecule has 0 bridgehead atoms. The highest BCUT2D eigenvalue weighted by molar-refractivity contribution is 7.99. The number of fused-ring (bicyclic) bond motifs is 5. The van der Waals surface area contributed by atoms with E-state index in [1.54, 1.807) is 11.8 Å². The van der Waals surface area contributed by atoms with Crippen molar-refractivity contribution in [3.63, 3.8) is 0 Å². The molecule has 3 nitrogen and oxygen atoms in total. The zero-order chi connectivity index (χ0) is 22.5. The average Bonchev–Trinajstić information content (AvgIpc) is 2.86. The minimum Gasteiger partial charge on any atom is -0.378 e. The molecule has 33 heavy (non-hydrogen) atoms. The third kappa shape index (κ3) is 3.38. The Morgan fingerprint density at radius 2 is 1.61 bits per heavy atom. The van der Waals surface area contributed by atoms with Crippen molar-refractivity contribution in [1.29, 1.82) is 0 Å². The lowest BCUT2D eigenvalue weighted by Gasteiger charge is -2.30. The molecule has 0 N–H and O–H groups in total. The van der Waals surface area contributed by atoms with Crippen LogP contribution in [-0.4, -0.2) is 19.8 Å². The molecule has 2 aliphatic rings. The van der Waals surface area contributed by atoms with Crippen molar-refractivity contribution in [2.45, 2.75) is 21.1 Å². The summed E-state index contributed by atoms with van der Waals surface area (Å²) < 4.78 is 0. The van der Waals surface area contributed by atoms with Crippen LogP contribution in [0.25, 0.3) is 21.9 Å². The van der Waals surface area contributed by atoms with Crippen molar-refractivity contribution in [3.8, 4) is 0 Å². The second-order valence-electron chi connectivity index (χ2n) is 8.56. The van der Waals surface area contributed by atoms with Crippen LogP contribution in [0.2, 0.25) is 0 Å². The van der Waals surface area contributed by atoms with Crippen molar-refractivity contribution in [3.05, 3.63) is 94.4 Å². The third-order valence-corrected chi connectivity index (χ3v) is 8.62. The highest BCUT2D eigenvalue weighted by Crippen LogP contribution is 2.53. The van der Waals surface area contributed by atoms with Gasteiger partial charge in [0.1, 0.15) is 5.69 Å². The van der Waals surface area contributed by atoms with Gasteiger partial charge in [0.15, 0.2) is 0 Å². The van der Waals surface area contributed by atoms with Gasteiger partial charge in [0, 0.05) is 40.2 Å². The predicted octanol–water partition coefficient (Wildman–Crippen LogP) is 8.22. The van der Waals surface area contributed by atoms with Crippen LogP contribution >= 0.6 is 23.5 Å². The summed E-state index contributed by atoms with van der Waals surface area (Å²) in [6, 6.07) is 25.7. The summed E-state index contributed by atoms with van der Waals surface area (Å²) in [7, 11) is 4.15. The molecule has 4 aromatic rings. The van der Waals surface area contributed by atoms with Gasteiger partial charge in [0.2, 0.25) is 0 Å². The molecule has 0 amide bonds. The van der Waals surface area contributed by atoms with E-state index in [9.17, 15) is 4.91 Å². The lowest BCUT2D eigenvalue weighted by molar-refractivity contribution is 1.12. The van der Waals surface area contributed by atoms with Gasteiger partial charge < -0.3 is 4.90 Å². The van der Waals surface area contributed by atoms with E-state index in [2.05, 4.69) is 78.8 Å². The molecule has 0 radical (unpaired) electrons. The van der Waals surface area contributed by atoms with Crippen molar-refractivity contribution >= 4 is 56.8 Å². The summed E-state index contributed by atoms with van der Waals surface area (Å²) in [5, 5.41) is 5.81. The van der Waals surface area contributed by atoms with Crippen LogP contribution in [0.15, 0.2) is 92.7 Å². The third-order valence-electron chi connectivity index (χ3n) is 6.41. The molecule has 0 aromatic heterocycles. The second kappa shape index (κ2) is 8.08. The number of hydrogen-bond acceptors (Lipinski definition) is 5. The van der Waals surface area contributed by atoms with Gasteiger partial charge >= 0.3 is 0 Å². The zero-order valence-corrected chi connectivity index (χ0v) is 20.1. The molecule has 0 atom stereocenters. The Bertz CT molecular complexity index is 1470. The number of allylic oxidation sites excluding steroid dienone is 1. The summed E-state index contributed by atoms with van der Waals surface area (Å²) in [4.78, 5) is 17.4. The van der Waals surface area contributed by atoms with Crippen molar-refractivity contribution in [1.82, 2.24) is 0 Å². The molecule has 0 saturated heterocycles. The molecule has 0 unspecified atom stereocenters. The molecule has 0 aliphatic carbocycles. The number of hydrogen-bond donors (Lipinski definition) is 0. The van der Waals surface area contributed by atoms with E-state index < -0.39 is 0 Å². The van der Waals surface area contributed by atoms with Crippen molar-refractivity contribution in [2.75, 3.05) is 24.7 Å². The van der Waals surface area contributed by atoms with Gasteiger partial charge in [-0.15, -0.1) is 16.7 Å². The summed E-state index contributed by atoms with van der Waals surface area (Å²) in [6.45, 7) is 0. The first-order valence-electron chi connectivity index (χ1n) is 11.0. The summed E-state index contributed by atoms with van der Waals surface area (Å²) in [5.74, 6) is 1.04. The molecule has 6 rings (SSSR count). The zero-order valence-electron chi connectivity index (χ0n) is 18.5. The maximum absolute atomic E-state index is 11.5. The van der Waals surface area contributed by atoms with Gasteiger partial charge in [0.05, 0.1) is 0 Å². The molecule has 5 heteroatoms. The van der Waals surface area contributed by atoms with E-state index in [0.717, 1.165) is 17.7 Å². The van der Waals surface area contributed by atoms with Gasteiger partial charge in [-0.3, -0.25) is 0 Å². The van der Waals surface area contributed by atoms with Crippen LogP contribution in [-0.2, 0) is 0 Å². The Hall–Kier alpha value is -3.02. The highest BCUT2D eigenvalue weighted by atomic mass is 32.2. The van der Waals surface area contributed by atoms with Gasteiger partial charge in [-0.1, -0.05) is 42.1 Å². The maximum Gasteiger partial charge on any atom is 0.108 e. The minimum absolute atomic E-state index is 0.475. The van der Waals surface area contributed by atoms with Gasteiger partial charge in [-0.05, 0) is 92.7 Å². The normalized spacial score (nSPS) is 16.7. The van der Waals surface area contributed by atoms with Gasteiger partial charge in [-0.25, -0.2) is 0 Å². The Morgan fingerprint density at radius 3 is 2.42 bits per heavy atom. The van der Waals surface area contributed by atoms with E-state index in [1.807, 2.05) is 30.0 Å². The number of anilines is 1. The lowest BCUT2D eigenvalue weighted by atomic mass is 9.85. The molecular weight excluding hydrogens is 444 g/mol. The smallest absolute Gasteiger partial charge is 0.108 e. The van der Waals surface area contributed by atoms with Crippen molar-refractivity contribution in [2.24, 2.45) is 5.18 Å². The number of thioether (sulfide) groups is 1.